The molecule has 3 heterocycles. The Bertz CT molecular complexity index is 1140. The molecule has 0 atom stereocenters. The summed E-state index contributed by atoms with van der Waals surface area (Å²) < 4.78 is 2.07. The predicted octanol–water partition coefficient (Wildman–Crippen LogP) is 3.81. The summed E-state index contributed by atoms with van der Waals surface area (Å²) in [4.78, 5) is 20.0. The van der Waals surface area contributed by atoms with Crippen LogP contribution in [0, 0.1) is 6.92 Å². The van der Waals surface area contributed by atoms with Crippen LogP contribution < -0.4 is 5.32 Å². The predicted molar refractivity (Wildman–Crippen MR) is 108 cm³/mol. The van der Waals surface area contributed by atoms with E-state index in [1.54, 1.807) is 12.5 Å². The number of benzene rings is 1. The molecule has 3 aromatic heterocycles. The van der Waals surface area contributed by atoms with Gasteiger partial charge in [-0.2, -0.15) is 5.10 Å². The lowest BCUT2D eigenvalue weighted by Crippen LogP contribution is -2.07. The van der Waals surface area contributed by atoms with Gasteiger partial charge in [-0.1, -0.05) is 24.3 Å². The van der Waals surface area contributed by atoms with Crippen LogP contribution in [0.15, 0.2) is 55.0 Å². The topological polar surface area (TPSA) is 88.5 Å². The molecule has 0 unspecified atom stereocenters. The molecular weight excluding hydrogens is 352 g/mol. The van der Waals surface area contributed by atoms with Gasteiger partial charge in [0.2, 0.25) is 5.91 Å². The summed E-state index contributed by atoms with van der Waals surface area (Å²) >= 11 is 0. The van der Waals surface area contributed by atoms with Gasteiger partial charge in [0.1, 0.15) is 12.1 Å². The molecule has 0 saturated heterocycles. The largest absolute Gasteiger partial charge is 0.340 e. The van der Waals surface area contributed by atoms with Crippen molar-refractivity contribution in [1.82, 2.24) is 24.7 Å². The molecule has 1 aromatic carbocycles. The third-order valence-corrected chi connectivity index (χ3v) is 4.65. The standard InChI is InChI=1S/C21H20N6O/c1-13-6-4-5-7-16(13)17-11-18(27(3)20(17)21-23-12-24-26-21)15-8-9-22-19(10-15)25-14(2)28/h4-12H,1-3H3,(H,22,25,28)(H,23,24,26). The summed E-state index contributed by atoms with van der Waals surface area (Å²) in [5.41, 5.74) is 6.19. The quantitative estimate of drug-likeness (QED) is 0.570. The Morgan fingerprint density at radius 3 is 2.64 bits per heavy atom. The molecule has 4 aromatic rings. The van der Waals surface area contributed by atoms with Gasteiger partial charge < -0.3 is 9.88 Å². The number of pyridine rings is 1. The van der Waals surface area contributed by atoms with Crippen LogP contribution in [0.1, 0.15) is 12.5 Å². The molecular formula is C21H20N6O. The summed E-state index contributed by atoms with van der Waals surface area (Å²) in [6, 6.07) is 14.1. The van der Waals surface area contributed by atoms with Crippen molar-refractivity contribution in [2.45, 2.75) is 13.8 Å². The molecule has 0 aliphatic heterocycles. The van der Waals surface area contributed by atoms with Crippen molar-refractivity contribution in [1.29, 1.82) is 0 Å². The first-order valence-electron chi connectivity index (χ1n) is 8.90. The average Bonchev–Trinajstić information content (AvgIpc) is 3.29. The van der Waals surface area contributed by atoms with Crippen LogP contribution in [0.5, 0.6) is 0 Å². The number of aromatic nitrogens is 5. The monoisotopic (exact) mass is 372 g/mol. The molecule has 0 aliphatic carbocycles. The maximum atomic E-state index is 11.4. The second kappa shape index (κ2) is 7.11. The first-order chi connectivity index (χ1) is 13.5. The summed E-state index contributed by atoms with van der Waals surface area (Å²) in [5, 5.41) is 9.83. The Hall–Kier alpha value is -3.74. The van der Waals surface area contributed by atoms with E-state index < -0.39 is 0 Å². The molecule has 1 amide bonds. The second-order valence-corrected chi connectivity index (χ2v) is 6.60. The van der Waals surface area contributed by atoms with Crippen molar-refractivity contribution < 1.29 is 4.79 Å². The van der Waals surface area contributed by atoms with E-state index in [0.717, 1.165) is 28.1 Å². The van der Waals surface area contributed by atoms with Crippen molar-refractivity contribution >= 4 is 11.7 Å². The minimum absolute atomic E-state index is 0.154. The summed E-state index contributed by atoms with van der Waals surface area (Å²) in [6.45, 7) is 3.56. The number of nitrogens with zero attached hydrogens (tertiary/aromatic N) is 4. The Labute approximate surface area is 162 Å². The van der Waals surface area contributed by atoms with E-state index in [1.165, 1.54) is 12.5 Å². The molecule has 0 fully saturated rings. The molecule has 0 radical (unpaired) electrons. The van der Waals surface area contributed by atoms with Crippen molar-refractivity contribution in [3.8, 4) is 33.9 Å². The molecule has 0 saturated carbocycles. The molecule has 0 spiro atoms. The lowest BCUT2D eigenvalue weighted by molar-refractivity contribution is -0.114. The first kappa shape index (κ1) is 17.7. The molecule has 2 N–H and O–H groups in total. The van der Waals surface area contributed by atoms with Gasteiger partial charge in [0, 0.05) is 37.0 Å². The highest BCUT2D eigenvalue weighted by Crippen LogP contribution is 2.38. The van der Waals surface area contributed by atoms with E-state index in [1.807, 2.05) is 31.3 Å². The third-order valence-electron chi connectivity index (χ3n) is 4.65. The molecule has 28 heavy (non-hydrogen) atoms. The minimum atomic E-state index is -0.154. The summed E-state index contributed by atoms with van der Waals surface area (Å²) in [6.07, 6.45) is 3.26. The van der Waals surface area contributed by atoms with Gasteiger partial charge in [0.25, 0.3) is 0 Å². The van der Waals surface area contributed by atoms with Crippen LogP contribution in [0.2, 0.25) is 0 Å². The van der Waals surface area contributed by atoms with E-state index in [9.17, 15) is 4.79 Å². The van der Waals surface area contributed by atoms with Crippen molar-refractivity contribution in [2.75, 3.05) is 5.32 Å². The zero-order valence-electron chi connectivity index (χ0n) is 15.9. The van der Waals surface area contributed by atoms with Gasteiger partial charge in [0.05, 0.1) is 5.69 Å². The summed E-state index contributed by atoms with van der Waals surface area (Å²) in [7, 11) is 1.99. The highest BCUT2D eigenvalue weighted by atomic mass is 16.1. The number of amides is 1. The van der Waals surface area contributed by atoms with Crippen LogP contribution in [0.25, 0.3) is 33.9 Å². The Kier molecular flexibility index (Phi) is 4.49. The van der Waals surface area contributed by atoms with Gasteiger partial charge in [-0.05, 0) is 36.2 Å². The fraction of sp³-hybridized carbons (Fsp3) is 0.143. The van der Waals surface area contributed by atoms with E-state index in [2.05, 4.69) is 55.2 Å². The smallest absolute Gasteiger partial charge is 0.222 e. The van der Waals surface area contributed by atoms with Crippen molar-refractivity contribution in [3.63, 3.8) is 0 Å². The van der Waals surface area contributed by atoms with Gasteiger partial charge in [-0.3, -0.25) is 9.89 Å². The fourth-order valence-corrected chi connectivity index (χ4v) is 3.39. The fourth-order valence-electron chi connectivity index (χ4n) is 3.39. The number of hydrogen-bond acceptors (Lipinski definition) is 4. The van der Waals surface area contributed by atoms with Crippen molar-refractivity contribution in [2.24, 2.45) is 7.05 Å². The first-order valence-corrected chi connectivity index (χ1v) is 8.90. The lowest BCUT2D eigenvalue weighted by atomic mass is 10.00. The zero-order valence-corrected chi connectivity index (χ0v) is 15.9. The van der Waals surface area contributed by atoms with E-state index in [-0.39, 0.29) is 5.91 Å². The number of hydrogen-bond donors (Lipinski definition) is 2. The van der Waals surface area contributed by atoms with Gasteiger partial charge in [0.15, 0.2) is 5.82 Å². The normalized spacial score (nSPS) is 10.8. The van der Waals surface area contributed by atoms with Crippen LogP contribution in [-0.4, -0.2) is 30.6 Å². The lowest BCUT2D eigenvalue weighted by Gasteiger charge is -2.09. The Morgan fingerprint density at radius 2 is 1.93 bits per heavy atom. The minimum Gasteiger partial charge on any atom is -0.340 e. The highest BCUT2D eigenvalue weighted by molar-refractivity contribution is 5.89. The maximum Gasteiger partial charge on any atom is 0.222 e. The molecule has 0 bridgehead atoms. The molecule has 7 heteroatoms. The SMILES string of the molecule is CC(=O)Nc1cc(-c2cc(-c3ccccc3C)c(-c3nc[nH]n3)n2C)ccn1. The van der Waals surface area contributed by atoms with Gasteiger partial charge in [-0.25, -0.2) is 9.97 Å². The van der Waals surface area contributed by atoms with Crippen LogP contribution in [-0.2, 0) is 11.8 Å². The van der Waals surface area contributed by atoms with Crippen LogP contribution in [0.4, 0.5) is 5.82 Å². The second-order valence-electron chi connectivity index (χ2n) is 6.60. The van der Waals surface area contributed by atoms with E-state index in [0.29, 0.717) is 11.6 Å². The number of rotatable bonds is 4. The van der Waals surface area contributed by atoms with Crippen LogP contribution >= 0.6 is 0 Å². The zero-order chi connectivity index (χ0) is 19.7. The van der Waals surface area contributed by atoms with Gasteiger partial charge >= 0.3 is 0 Å². The number of nitrogens with one attached hydrogen (secondary N) is 2. The van der Waals surface area contributed by atoms with E-state index in [4.69, 9.17) is 0 Å². The number of carbonyl (C=O) groups excluding carboxylic acids is 1. The number of anilines is 1. The van der Waals surface area contributed by atoms with Gasteiger partial charge in [-0.15, -0.1) is 0 Å². The van der Waals surface area contributed by atoms with Crippen LogP contribution in [0.3, 0.4) is 0 Å². The average molecular weight is 372 g/mol. The molecule has 4 rings (SSSR count). The van der Waals surface area contributed by atoms with Crippen molar-refractivity contribution in [3.05, 3.63) is 60.6 Å². The number of aromatic amines is 1. The third kappa shape index (κ3) is 3.18. The number of aryl methyl sites for hydroxylation is 1. The molecule has 140 valence electrons. The molecule has 0 aliphatic rings. The number of H-pyrrole nitrogens is 1. The molecule has 7 nitrogen and oxygen atoms in total. The Balaban J connectivity index is 1.92. The number of carbonyl (C=O) groups is 1. The highest BCUT2D eigenvalue weighted by Gasteiger charge is 2.20. The van der Waals surface area contributed by atoms with E-state index >= 15 is 0 Å². The summed E-state index contributed by atoms with van der Waals surface area (Å²) in [5.74, 6) is 0.991. The Morgan fingerprint density at radius 1 is 1.11 bits per heavy atom. The maximum absolute atomic E-state index is 11.4.